The number of ether oxygens (including phenoxy) is 2. The first kappa shape index (κ1) is 22.7. The molecular weight excluding hydrogens is 364 g/mol. The van der Waals surface area contributed by atoms with Crippen LogP contribution in [0.15, 0.2) is 48.5 Å². The van der Waals surface area contributed by atoms with Gasteiger partial charge in [0.25, 0.3) is 0 Å². The second-order valence-electron chi connectivity index (χ2n) is 7.54. The maximum Gasteiger partial charge on any atom is 0.189 e. The summed E-state index contributed by atoms with van der Waals surface area (Å²) >= 11 is 0. The molecule has 0 amide bonds. The van der Waals surface area contributed by atoms with Gasteiger partial charge >= 0.3 is 0 Å². The Morgan fingerprint density at radius 1 is 0.897 bits per heavy atom. The zero-order valence-corrected chi connectivity index (χ0v) is 18.1. The second kappa shape index (κ2) is 11.4. The van der Waals surface area contributed by atoms with Crippen molar-refractivity contribution >= 4 is 11.9 Å². The van der Waals surface area contributed by atoms with Crippen molar-refractivity contribution in [1.82, 2.24) is 9.80 Å². The van der Waals surface area contributed by atoms with Crippen LogP contribution in [0.5, 0.6) is 11.5 Å². The van der Waals surface area contributed by atoms with E-state index >= 15 is 0 Å². The number of para-hydroxylation sites is 1. The fraction of sp³-hybridized carbons (Fsp3) is 0.375. The van der Waals surface area contributed by atoms with E-state index in [1.165, 1.54) is 0 Å². The Morgan fingerprint density at radius 2 is 1.52 bits per heavy atom. The van der Waals surface area contributed by atoms with Gasteiger partial charge in [0.2, 0.25) is 0 Å². The van der Waals surface area contributed by atoms with E-state index in [9.17, 15) is 4.79 Å². The Balaban J connectivity index is 2.13. The molecule has 0 aromatic heterocycles. The summed E-state index contributed by atoms with van der Waals surface area (Å²) in [6, 6.07) is 13.3. The molecule has 0 saturated carbocycles. The van der Waals surface area contributed by atoms with Crippen molar-refractivity contribution < 1.29 is 14.3 Å². The standard InChI is InChI=1S/C24H32N2O3/c1-19-10-13-23(28-16-14-25(2)3)20(18-19)11-12-22(27)21-8-6-7-9-24(21)29-17-15-26(4)5/h6-13,18H,14-17H2,1-5H3. The molecule has 0 aliphatic heterocycles. The number of ketones is 1. The van der Waals surface area contributed by atoms with E-state index in [0.717, 1.165) is 30.0 Å². The molecular formula is C24H32N2O3. The Labute approximate surface area is 174 Å². The number of carbonyl (C=O) groups is 1. The fourth-order valence-electron chi connectivity index (χ4n) is 2.66. The van der Waals surface area contributed by atoms with Crippen LogP contribution in [-0.2, 0) is 0 Å². The normalized spacial score (nSPS) is 11.4. The summed E-state index contributed by atoms with van der Waals surface area (Å²) in [6.45, 7) is 4.76. The van der Waals surface area contributed by atoms with Crippen LogP contribution in [0.25, 0.3) is 6.08 Å². The van der Waals surface area contributed by atoms with Gasteiger partial charge in [0.1, 0.15) is 24.7 Å². The summed E-state index contributed by atoms with van der Waals surface area (Å²) < 4.78 is 11.7. The van der Waals surface area contributed by atoms with Crippen molar-refractivity contribution in [2.75, 3.05) is 54.5 Å². The molecule has 0 spiro atoms. The van der Waals surface area contributed by atoms with Crippen LogP contribution in [0.2, 0.25) is 0 Å². The van der Waals surface area contributed by atoms with Crippen LogP contribution in [0.4, 0.5) is 0 Å². The van der Waals surface area contributed by atoms with Gasteiger partial charge in [-0.05, 0) is 71.5 Å². The van der Waals surface area contributed by atoms with Crippen LogP contribution in [0, 0.1) is 6.92 Å². The molecule has 0 fully saturated rings. The predicted octanol–water partition coefficient (Wildman–Crippen LogP) is 3.77. The van der Waals surface area contributed by atoms with Crippen molar-refractivity contribution in [1.29, 1.82) is 0 Å². The number of hydrogen-bond acceptors (Lipinski definition) is 5. The zero-order valence-electron chi connectivity index (χ0n) is 18.1. The Hall–Kier alpha value is -2.63. The molecule has 0 saturated heterocycles. The number of hydrogen-bond donors (Lipinski definition) is 0. The zero-order chi connectivity index (χ0) is 21.2. The van der Waals surface area contributed by atoms with Crippen molar-refractivity contribution in [3.63, 3.8) is 0 Å². The van der Waals surface area contributed by atoms with Crippen LogP contribution in [0.1, 0.15) is 21.5 Å². The fourth-order valence-corrected chi connectivity index (χ4v) is 2.66. The highest BCUT2D eigenvalue weighted by Gasteiger charge is 2.10. The minimum atomic E-state index is -0.0915. The van der Waals surface area contributed by atoms with E-state index in [2.05, 4.69) is 4.90 Å². The number of allylic oxidation sites excluding steroid dienone is 1. The van der Waals surface area contributed by atoms with Crippen LogP contribution in [-0.4, -0.2) is 70.1 Å². The van der Waals surface area contributed by atoms with Gasteiger partial charge in [-0.1, -0.05) is 23.8 Å². The third kappa shape index (κ3) is 7.72. The highest BCUT2D eigenvalue weighted by Crippen LogP contribution is 2.23. The Bertz CT molecular complexity index is 829. The molecule has 0 N–H and O–H groups in total. The van der Waals surface area contributed by atoms with Crippen LogP contribution >= 0.6 is 0 Å². The van der Waals surface area contributed by atoms with Crippen molar-refractivity contribution in [2.45, 2.75) is 6.92 Å². The second-order valence-corrected chi connectivity index (χ2v) is 7.54. The minimum Gasteiger partial charge on any atom is -0.492 e. The van der Waals surface area contributed by atoms with Crippen molar-refractivity contribution in [3.8, 4) is 11.5 Å². The molecule has 0 atom stereocenters. The van der Waals surface area contributed by atoms with E-state index in [-0.39, 0.29) is 5.78 Å². The third-order valence-electron chi connectivity index (χ3n) is 4.32. The molecule has 0 aliphatic rings. The average Bonchev–Trinajstić information content (AvgIpc) is 2.67. The average molecular weight is 397 g/mol. The maximum absolute atomic E-state index is 12.8. The van der Waals surface area contributed by atoms with Gasteiger partial charge in [-0.2, -0.15) is 0 Å². The van der Waals surface area contributed by atoms with Crippen LogP contribution < -0.4 is 9.47 Å². The Morgan fingerprint density at radius 3 is 2.17 bits per heavy atom. The third-order valence-corrected chi connectivity index (χ3v) is 4.32. The molecule has 29 heavy (non-hydrogen) atoms. The van der Waals surface area contributed by atoms with Gasteiger partial charge in [0.05, 0.1) is 5.56 Å². The highest BCUT2D eigenvalue weighted by molar-refractivity contribution is 6.08. The molecule has 2 rings (SSSR count). The first-order chi connectivity index (χ1) is 13.9. The molecule has 5 nitrogen and oxygen atoms in total. The Kier molecular flexibility index (Phi) is 8.90. The SMILES string of the molecule is Cc1ccc(OCCN(C)C)c(C=CC(=O)c2ccccc2OCCN(C)C)c1. The molecule has 156 valence electrons. The van der Waals surface area contributed by atoms with E-state index in [4.69, 9.17) is 9.47 Å². The summed E-state index contributed by atoms with van der Waals surface area (Å²) in [5.74, 6) is 1.29. The monoisotopic (exact) mass is 396 g/mol. The van der Waals surface area contributed by atoms with Gasteiger partial charge in [-0.3, -0.25) is 4.79 Å². The van der Waals surface area contributed by atoms with Gasteiger partial charge in [0.15, 0.2) is 5.78 Å². The lowest BCUT2D eigenvalue weighted by Gasteiger charge is -2.13. The molecule has 0 radical (unpaired) electrons. The number of rotatable bonds is 11. The summed E-state index contributed by atoms with van der Waals surface area (Å²) in [5, 5.41) is 0. The lowest BCUT2D eigenvalue weighted by Crippen LogP contribution is -2.20. The molecule has 0 aliphatic carbocycles. The predicted molar refractivity (Wildman–Crippen MR) is 119 cm³/mol. The van der Waals surface area contributed by atoms with E-state index in [1.807, 2.05) is 82.5 Å². The van der Waals surface area contributed by atoms with E-state index in [1.54, 1.807) is 12.1 Å². The van der Waals surface area contributed by atoms with Crippen molar-refractivity contribution in [3.05, 3.63) is 65.2 Å². The first-order valence-electron chi connectivity index (χ1n) is 9.84. The van der Waals surface area contributed by atoms with Gasteiger partial charge in [-0.25, -0.2) is 0 Å². The van der Waals surface area contributed by atoms with Gasteiger partial charge in [0, 0.05) is 18.7 Å². The lowest BCUT2D eigenvalue weighted by molar-refractivity contribution is 0.104. The lowest BCUT2D eigenvalue weighted by atomic mass is 10.1. The molecule has 2 aromatic carbocycles. The van der Waals surface area contributed by atoms with Gasteiger partial charge in [-0.15, -0.1) is 0 Å². The molecule has 2 aromatic rings. The number of benzene rings is 2. The molecule has 5 heteroatoms. The number of aryl methyl sites for hydroxylation is 1. The first-order valence-corrected chi connectivity index (χ1v) is 9.84. The quantitative estimate of drug-likeness (QED) is 0.427. The largest absolute Gasteiger partial charge is 0.492 e. The van der Waals surface area contributed by atoms with E-state index in [0.29, 0.717) is 24.5 Å². The van der Waals surface area contributed by atoms with Crippen LogP contribution in [0.3, 0.4) is 0 Å². The molecule has 0 heterocycles. The topological polar surface area (TPSA) is 42.0 Å². The van der Waals surface area contributed by atoms with Gasteiger partial charge < -0.3 is 19.3 Å². The molecule has 0 bridgehead atoms. The summed E-state index contributed by atoms with van der Waals surface area (Å²) in [4.78, 5) is 16.9. The number of likely N-dealkylation sites (N-methyl/N-ethyl adjacent to an activating group) is 2. The number of nitrogens with zero attached hydrogens (tertiary/aromatic N) is 2. The van der Waals surface area contributed by atoms with Crippen molar-refractivity contribution in [2.24, 2.45) is 0 Å². The minimum absolute atomic E-state index is 0.0915. The summed E-state index contributed by atoms with van der Waals surface area (Å²) in [7, 11) is 8.00. The number of carbonyl (C=O) groups excluding carboxylic acids is 1. The maximum atomic E-state index is 12.8. The summed E-state index contributed by atoms with van der Waals surface area (Å²) in [6.07, 6.45) is 3.40. The summed E-state index contributed by atoms with van der Waals surface area (Å²) in [5.41, 5.74) is 2.57. The smallest absolute Gasteiger partial charge is 0.189 e. The van der Waals surface area contributed by atoms with E-state index < -0.39 is 0 Å². The highest BCUT2D eigenvalue weighted by atomic mass is 16.5. The molecule has 0 unspecified atom stereocenters.